The van der Waals surface area contributed by atoms with Crippen molar-refractivity contribution in [1.29, 1.82) is 0 Å². The van der Waals surface area contributed by atoms with Gasteiger partial charge in [-0.25, -0.2) is 0 Å². The topological polar surface area (TPSA) is 25.1 Å². The number of benzene rings is 19. The van der Waals surface area contributed by atoms with Gasteiger partial charge < -0.3 is 19.4 Å². The van der Waals surface area contributed by atoms with E-state index in [2.05, 4.69) is 493 Å². The number of nitrogens with one attached hydrogen (secondary N) is 1. The Balaban J connectivity index is 0.000000126. The molecule has 0 atom stereocenters. The lowest BCUT2D eigenvalue weighted by Gasteiger charge is -2.35. The van der Waals surface area contributed by atoms with Crippen LogP contribution in [0.15, 0.2) is 491 Å². The Hall–Kier alpha value is -15.7. The number of para-hydroxylation sites is 5. The fourth-order valence-corrected chi connectivity index (χ4v) is 22.9. The number of fused-ring (bicyclic) bond motifs is 16. The zero-order valence-electron chi connectivity index (χ0n) is 68.9. The lowest BCUT2D eigenvalue weighted by Crippen LogP contribution is -2.28. The van der Waals surface area contributed by atoms with Gasteiger partial charge in [-0.2, -0.15) is 0 Å². The maximum absolute atomic E-state index is 3.48. The van der Waals surface area contributed by atoms with Gasteiger partial charge in [-0.05, 0) is 197 Å². The van der Waals surface area contributed by atoms with E-state index in [1.165, 1.54) is 174 Å². The number of anilines is 5. The Bertz CT molecular complexity index is 7800. The first-order valence-electron chi connectivity index (χ1n) is 43.2. The summed E-state index contributed by atoms with van der Waals surface area (Å²) in [5.41, 5.74) is 35.2. The molecule has 1 N–H and O–H groups in total. The van der Waals surface area contributed by atoms with E-state index in [-0.39, 0.29) is 5.41 Å². The van der Waals surface area contributed by atoms with Gasteiger partial charge in [0.1, 0.15) is 0 Å². The van der Waals surface area contributed by atoms with Crippen molar-refractivity contribution in [1.82, 2.24) is 9.13 Å². The van der Waals surface area contributed by atoms with E-state index >= 15 is 0 Å². The molecule has 23 aromatic rings. The van der Waals surface area contributed by atoms with Crippen LogP contribution in [0.5, 0.6) is 0 Å². The second kappa shape index (κ2) is 32.0. The second-order valence-electron chi connectivity index (χ2n) is 32.5. The molecule has 0 spiro atoms. The normalized spacial score (nSPS) is 12.6. The molecule has 0 aliphatic heterocycles. The van der Waals surface area contributed by atoms with Gasteiger partial charge in [-0.3, -0.25) is 0 Å². The molecule has 4 heterocycles. The Labute approximate surface area is 741 Å². The zero-order chi connectivity index (χ0) is 83.5. The minimum atomic E-state index is -0.507. The minimum Gasteiger partial charge on any atom is -0.356 e. The average molecular weight is 1640 g/mol. The summed E-state index contributed by atoms with van der Waals surface area (Å²) in [4.78, 5) is 2.42. The molecular formula is C120H82N4S2. The summed E-state index contributed by atoms with van der Waals surface area (Å²) in [7, 11) is 0. The van der Waals surface area contributed by atoms with E-state index < -0.39 is 5.41 Å². The lowest BCUT2D eigenvalue weighted by molar-refractivity contribution is 0.768. The van der Waals surface area contributed by atoms with Gasteiger partial charge in [0.2, 0.25) is 0 Å². The summed E-state index contributed by atoms with van der Waals surface area (Å²) in [5.74, 6) is 0. The molecule has 2 aliphatic carbocycles. The van der Waals surface area contributed by atoms with Crippen LogP contribution in [0.1, 0.15) is 44.5 Å². The van der Waals surface area contributed by atoms with Crippen LogP contribution < -0.4 is 10.2 Å². The maximum Gasteiger partial charge on any atom is 0.0727 e. The molecular weight excluding hydrogens is 1560 g/mol. The highest BCUT2D eigenvalue weighted by atomic mass is 32.1. The molecule has 0 unspecified atom stereocenters. The van der Waals surface area contributed by atoms with E-state index in [4.69, 9.17) is 0 Å². The van der Waals surface area contributed by atoms with Gasteiger partial charge in [0.15, 0.2) is 0 Å². The van der Waals surface area contributed by atoms with Crippen LogP contribution in [-0.4, -0.2) is 9.13 Å². The highest BCUT2D eigenvalue weighted by Crippen LogP contribution is 2.59. The fourth-order valence-electron chi connectivity index (χ4n) is 20.2. The fraction of sp³-hybridized carbons (Fsp3) is 0.0167. The first-order valence-corrected chi connectivity index (χ1v) is 44.8. The summed E-state index contributed by atoms with van der Waals surface area (Å²) in [6, 6.07) is 178. The number of hydrogen-bond acceptors (Lipinski definition) is 4. The summed E-state index contributed by atoms with van der Waals surface area (Å²) < 4.78 is 10.1. The third kappa shape index (κ3) is 12.6. The van der Waals surface area contributed by atoms with Crippen molar-refractivity contribution in [2.75, 3.05) is 10.2 Å². The molecule has 594 valence electrons. The Morgan fingerprint density at radius 1 is 0.206 bits per heavy atom. The predicted molar refractivity (Wildman–Crippen MR) is 534 cm³/mol. The minimum absolute atomic E-state index is 0.254. The van der Waals surface area contributed by atoms with E-state index in [0.29, 0.717) is 0 Å². The van der Waals surface area contributed by atoms with Crippen LogP contribution in [0.3, 0.4) is 0 Å². The van der Waals surface area contributed by atoms with Crippen molar-refractivity contribution in [2.24, 2.45) is 0 Å². The Morgan fingerprint density at radius 3 is 0.937 bits per heavy atom. The van der Waals surface area contributed by atoms with Crippen molar-refractivity contribution in [3.8, 4) is 67.0 Å². The van der Waals surface area contributed by atoms with E-state index in [9.17, 15) is 0 Å². The summed E-state index contributed by atoms with van der Waals surface area (Å²) in [6.45, 7) is 0. The smallest absolute Gasteiger partial charge is 0.0727 e. The molecule has 2 aliphatic rings. The van der Waals surface area contributed by atoms with Crippen LogP contribution in [0.25, 0.3) is 129 Å². The first kappa shape index (κ1) is 75.3. The van der Waals surface area contributed by atoms with Gasteiger partial charge in [-0.15, -0.1) is 22.7 Å². The molecule has 0 fully saturated rings. The van der Waals surface area contributed by atoms with Crippen LogP contribution in [0, 0.1) is 0 Å². The van der Waals surface area contributed by atoms with E-state index in [1.807, 2.05) is 40.9 Å². The first-order chi connectivity index (χ1) is 62.5. The number of thiophene rings is 2. The van der Waals surface area contributed by atoms with Crippen molar-refractivity contribution < 1.29 is 0 Å². The predicted octanol–water partition coefficient (Wildman–Crippen LogP) is 32.6. The van der Waals surface area contributed by atoms with Gasteiger partial charge in [0.25, 0.3) is 0 Å². The van der Waals surface area contributed by atoms with Crippen LogP contribution in [0.2, 0.25) is 0 Å². The van der Waals surface area contributed by atoms with Crippen LogP contribution in [0.4, 0.5) is 28.4 Å². The van der Waals surface area contributed by atoms with Crippen molar-refractivity contribution in [3.05, 3.63) is 536 Å². The molecule has 0 saturated carbocycles. The molecule has 25 rings (SSSR count). The SMILES string of the molecule is c1ccc(-c2ccc(N(c3ccc(-c4cccc5c4sc4c6ccccc6n(-c6ccccc6)c54)cc3)c3cccc(C4(c5ccccc5)c5ccccc5-c5ccccc54)c3)cc2)cc1.c1ccc(C2(c3ccccc3)c3ccccc3-c3ccccc32)cc1.c1ccc(Nc2ccc(-c3cccc4c3sc3c5ccccc5n(-c5ccccc5)c43)cc2)cc1. The molecule has 0 bridgehead atoms. The van der Waals surface area contributed by atoms with Crippen LogP contribution >= 0.6 is 22.7 Å². The highest BCUT2D eigenvalue weighted by Gasteiger charge is 2.48. The quantitative estimate of drug-likeness (QED) is 0.117. The van der Waals surface area contributed by atoms with Crippen molar-refractivity contribution >= 4 is 114 Å². The molecule has 126 heavy (non-hydrogen) atoms. The molecule has 0 amide bonds. The summed E-state index contributed by atoms with van der Waals surface area (Å²) in [6.07, 6.45) is 0. The van der Waals surface area contributed by atoms with Gasteiger partial charge in [-0.1, -0.05) is 394 Å². The van der Waals surface area contributed by atoms with Gasteiger partial charge in [0.05, 0.1) is 42.3 Å². The summed E-state index contributed by atoms with van der Waals surface area (Å²) >= 11 is 3.80. The van der Waals surface area contributed by atoms with Crippen molar-refractivity contribution in [2.45, 2.75) is 10.8 Å². The van der Waals surface area contributed by atoms with Gasteiger partial charge >= 0.3 is 0 Å². The third-order valence-corrected chi connectivity index (χ3v) is 28.1. The highest BCUT2D eigenvalue weighted by molar-refractivity contribution is 7.27. The van der Waals surface area contributed by atoms with E-state index in [1.54, 1.807) is 0 Å². The molecule has 4 nitrogen and oxygen atoms in total. The average Bonchev–Trinajstić information content (AvgIpc) is 1.54. The monoisotopic (exact) mass is 1640 g/mol. The lowest BCUT2D eigenvalue weighted by atomic mass is 9.67. The third-order valence-electron chi connectivity index (χ3n) is 25.6. The zero-order valence-corrected chi connectivity index (χ0v) is 70.6. The molecule has 4 aromatic heterocycles. The molecule has 0 saturated heterocycles. The second-order valence-corrected chi connectivity index (χ2v) is 34.5. The number of nitrogens with zero attached hydrogens (tertiary/aromatic N) is 3. The Kier molecular flexibility index (Phi) is 19.1. The molecule has 6 heteroatoms. The van der Waals surface area contributed by atoms with Gasteiger partial charge in [0, 0.05) is 70.8 Å². The number of rotatable bonds is 14. The molecule has 0 radical (unpaired) electrons. The Morgan fingerprint density at radius 2 is 0.508 bits per heavy atom. The number of hydrogen-bond donors (Lipinski definition) is 1. The van der Waals surface area contributed by atoms with Crippen molar-refractivity contribution in [3.63, 3.8) is 0 Å². The van der Waals surface area contributed by atoms with Crippen LogP contribution in [-0.2, 0) is 10.8 Å². The standard InChI is InChI=1S/C63H42N2S.C32H22N2S.C25H18/c1-4-18-43(19-5-1)44-34-38-49(39-35-44)64(51-25-16-22-47(42-51)63(46-20-6-2-7-21-46)57-31-13-10-26-53(57)54-27-11-14-32-58(54)63)50-40-36-45(37-41-50)52-29-17-30-56-60-62(66-61(52)56)55-28-12-15-33-59(55)65(60)48-23-8-3-9-24-48;1-3-10-23(11-4-1)33-24-20-18-22(19-21-24)26-15-9-16-28-30-32(35-31(26)28)27-14-7-8-17-29(27)34(30)25-12-5-2-6-13-25;1-3-11-19(12-4-1)25(20-13-5-2-6-14-20)23-17-9-7-15-21(23)22-16-8-10-18-24(22)25/h1-42H;1-21,33H;1-18H. The summed E-state index contributed by atoms with van der Waals surface area (Å²) in [5, 5.41) is 8.65. The largest absolute Gasteiger partial charge is 0.356 e. The van der Waals surface area contributed by atoms with E-state index in [0.717, 1.165) is 28.4 Å². The molecule has 19 aromatic carbocycles. The number of aromatic nitrogens is 2. The maximum atomic E-state index is 3.48.